The van der Waals surface area contributed by atoms with Gasteiger partial charge in [-0.3, -0.25) is 0 Å². The number of hydrogen-bond donors (Lipinski definition) is 2. The molecule has 2 aromatic heterocycles. The average molecular weight is 364 g/mol. The highest BCUT2D eigenvalue weighted by molar-refractivity contribution is 5.89. The molecule has 27 heavy (non-hydrogen) atoms. The molecule has 3 heterocycles. The van der Waals surface area contributed by atoms with E-state index >= 15 is 0 Å². The van der Waals surface area contributed by atoms with Crippen LogP contribution in [0.15, 0.2) is 24.3 Å². The van der Waals surface area contributed by atoms with Crippen molar-refractivity contribution in [2.24, 2.45) is 0 Å². The normalized spacial score (nSPS) is 17.4. The molecule has 6 heteroatoms. The molecule has 1 atom stereocenters. The van der Waals surface area contributed by atoms with E-state index in [4.69, 9.17) is 5.10 Å². The second kappa shape index (κ2) is 6.78. The van der Waals surface area contributed by atoms with Crippen LogP contribution in [-0.4, -0.2) is 32.2 Å². The summed E-state index contributed by atoms with van der Waals surface area (Å²) in [7, 11) is 0. The Morgan fingerprint density at radius 2 is 1.93 bits per heavy atom. The minimum atomic E-state index is -1.01. The third-order valence-electron chi connectivity index (χ3n) is 5.41. The molecule has 3 aromatic rings. The Morgan fingerprint density at radius 1 is 1.19 bits per heavy atom. The van der Waals surface area contributed by atoms with Crippen molar-refractivity contribution < 1.29 is 9.90 Å². The number of aromatic nitrogens is 3. The number of fused-ring (bicyclic) bond motifs is 1. The summed E-state index contributed by atoms with van der Waals surface area (Å²) < 4.78 is 1.84. The van der Waals surface area contributed by atoms with E-state index < -0.39 is 5.97 Å². The largest absolute Gasteiger partial charge is 0.477 e. The van der Waals surface area contributed by atoms with Gasteiger partial charge in [-0.15, -0.1) is 0 Å². The fraction of sp³-hybridized carbons (Fsp3) is 0.381. The van der Waals surface area contributed by atoms with Crippen molar-refractivity contribution in [3.05, 3.63) is 52.5 Å². The zero-order chi connectivity index (χ0) is 19.1. The smallest absolute Gasteiger partial charge is 0.354 e. The second-order valence-electron chi connectivity index (χ2n) is 7.34. The summed E-state index contributed by atoms with van der Waals surface area (Å²) in [5, 5.41) is 17.9. The predicted molar refractivity (Wildman–Crippen MR) is 104 cm³/mol. The fourth-order valence-corrected chi connectivity index (χ4v) is 4.11. The van der Waals surface area contributed by atoms with Crippen molar-refractivity contribution in [3.8, 4) is 11.1 Å². The molecule has 4 rings (SSSR count). The van der Waals surface area contributed by atoms with E-state index in [2.05, 4.69) is 36.3 Å². The maximum atomic E-state index is 11.8. The van der Waals surface area contributed by atoms with Crippen LogP contribution in [0.1, 0.15) is 58.3 Å². The second-order valence-corrected chi connectivity index (χ2v) is 7.34. The van der Waals surface area contributed by atoms with Gasteiger partial charge in [0.15, 0.2) is 11.3 Å². The highest BCUT2D eigenvalue weighted by atomic mass is 16.4. The summed E-state index contributed by atoms with van der Waals surface area (Å²) in [4.78, 5) is 16.2. The molecule has 0 saturated carbocycles. The number of rotatable bonds is 3. The third-order valence-corrected chi connectivity index (χ3v) is 5.41. The van der Waals surface area contributed by atoms with Gasteiger partial charge in [0, 0.05) is 6.04 Å². The Balaban J connectivity index is 2.03. The number of carbonyl (C=O) groups is 1. The molecule has 1 aromatic carbocycles. The molecular formula is C21H24N4O2. The van der Waals surface area contributed by atoms with E-state index in [9.17, 15) is 9.90 Å². The highest BCUT2D eigenvalue weighted by Gasteiger charge is 2.25. The number of nitrogens with zero attached hydrogens (tertiary/aromatic N) is 3. The van der Waals surface area contributed by atoms with Gasteiger partial charge in [0.05, 0.1) is 17.0 Å². The number of nitrogens with one attached hydrogen (secondary N) is 1. The minimum Gasteiger partial charge on any atom is -0.477 e. The van der Waals surface area contributed by atoms with E-state index in [0.29, 0.717) is 5.65 Å². The van der Waals surface area contributed by atoms with Gasteiger partial charge in [-0.05, 0) is 62.9 Å². The molecule has 2 N–H and O–H groups in total. The van der Waals surface area contributed by atoms with E-state index in [1.54, 1.807) is 6.07 Å². The number of carboxylic acids is 1. The maximum Gasteiger partial charge on any atom is 0.354 e. The SMILES string of the molecule is Cc1cccc(C)c1-c1c(C)nn2c(C3CCCCN3)cc(C(=O)O)nc12. The zero-order valence-corrected chi connectivity index (χ0v) is 15.9. The number of benzene rings is 1. The van der Waals surface area contributed by atoms with E-state index in [1.165, 1.54) is 0 Å². The van der Waals surface area contributed by atoms with Crippen molar-refractivity contribution in [2.75, 3.05) is 6.54 Å². The van der Waals surface area contributed by atoms with Gasteiger partial charge in [-0.25, -0.2) is 14.3 Å². The maximum absolute atomic E-state index is 11.8. The lowest BCUT2D eigenvalue weighted by atomic mass is 9.95. The van der Waals surface area contributed by atoms with Crippen LogP contribution < -0.4 is 5.32 Å². The molecule has 0 bridgehead atoms. The summed E-state index contributed by atoms with van der Waals surface area (Å²) in [5.41, 5.74) is 6.69. The van der Waals surface area contributed by atoms with Gasteiger partial charge in [0.1, 0.15) is 0 Å². The average Bonchev–Trinajstić information content (AvgIpc) is 2.97. The van der Waals surface area contributed by atoms with Crippen molar-refractivity contribution in [3.63, 3.8) is 0 Å². The van der Waals surface area contributed by atoms with Gasteiger partial charge >= 0.3 is 5.97 Å². The third kappa shape index (κ3) is 3.00. The Kier molecular flexibility index (Phi) is 4.44. The lowest BCUT2D eigenvalue weighted by Gasteiger charge is -2.24. The first kappa shape index (κ1) is 17.7. The zero-order valence-electron chi connectivity index (χ0n) is 15.9. The highest BCUT2D eigenvalue weighted by Crippen LogP contribution is 2.34. The fourth-order valence-electron chi connectivity index (χ4n) is 4.11. The van der Waals surface area contributed by atoms with Crippen LogP contribution in [0.5, 0.6) is 0 Å². The van der Waals surface area contributed by atoms with Gasteiger partial charge in [0.25, 0.3) is 0 Å². The summed E-state index contributed by atoms with van der Waals surface area (Å²) in [6.07, 6.45) is 3.23. The van der Waals surface area contributed by atoms with Gasteiger partial charge in [-0.2, -0.15) is 5.10 Å². The number of aryl methyl sites for hydroxylation is 3. The van der Waals surface area contributed by atoms with Crippen LogP contribution in [0, 0.1) is 20.8 Å². The summed E-state index contributed by atoms with van der Waals surface area (Å²) >= 11 is 0. The molecule has 1 aliphatic rings. The summed E-state index contributed by atoms with van der Waals surface area (Å²) in [5.74, 6) is -1.01. The standard InChI is InChI=1S/C21H24N4O2/c1-12-7-6-8-13(2)18(12)19-14(3)24-25-17(15-9-4-5-10-22-15)11-16(21(26)27)23-20(19)25/h6-8,11,15,22H,4-5,9-10H2,1-3H3,(H,26,27). The van der Waals surface area contributed by atoms with E-state index in [1.807, 2.05) is 17.5 Å². The van der Waals surface area contributed by atoms with Gasteiger partial charge < -0.3 is 10.4 Å². The van der Waals surface area contributed by atoms with Crippen LogP contribution in [0.3, 0.4) is 0 Å². The Hall–Kier alpha value is -2.73. The first-order chi connectivity index (χ1) is 13.0. The van der Waals surface area contributed by atoms with E-state index in [0.717, 1.165) is 59.4 Å². The Bertz CT molecular complexity index is 1010. The number of piperidine rings is 1. The van der Waals surface area contributed by atoms with Crippen LogP contribution in [-0.2, 0) is 0 Å². The first-order valence-electron chi connectivity index (χ1n) is 9.41. The predicted octanol–water partition coefficient (Wildman–Crippen LogP) is 3.83. The minimum absolute atomic E-state index is 0.0669. The number of aromatic carboxylic acids is 1. The first-order valence-corrected chi connectivity index (χ1v) is 9.41. The molecule has 1 unspecified atom stereocenters. The quantitative estimate of drug-likeness (QED) is 0.738. The lowest BCUT2D eigenvalue weighted by molar-refractivity contribution is 0.0690. The van der Waals surface area contributed by atoms with Crippen LogP contribution in [0.4, 0.5) is 0 Å². The Labute approximate surface area is 158 Å². The number of carboxylic acid groups (broad SMARTS) is 1. The van der Waals surface area contributed by atoms with E-state index in [-0.39, 0.29) is 11.7 Å². The van der Waals surface area contributed by atoms with Gasteiger partial charge in [0.2, 0.25) is 0 Å². The molecule has 0 aliphatic carbocycles. The summed E-state index contributed by atoms with van der Waals surface area (Å²) in [6, 6.07) is 7.92. The Morgan fingerprint density at radius 3 is 2.56 bits per heavy atom. The van der Waals surface area contributed by atoms with Crippen LogP contribution in [0.25, 0.3) is 16.8 Å². The van der Waals surface area contributed by atoms with Crippen LogP contribution >= 0.6 is 0 Å². The van der Waals surface area contributed by atoms with Crippen molar-refractivity contribution in [1.82, 2.24) is 19.9 Å². The van der Waals surface area contributed by atoms with Crippen molar-refractivity contribution in [1.29, 1.82) is 0 Å². The molecule has 0 amide bonds. The molecule has 1 fully saturated rings. The molecule has 0 radical (unpaired) electrons. The molecule has 1 aliphatic heterocycles. The van der Waals surface area contributed by atoms with Crippen molar-refractivity contribution >= 4 is 11.6 Å². The summed E-state index contributed by atoms with van der Waals surface area (Å²) in [6.45, 7) is 7.03. The molecule has 0 spiro atoms. The van der Waals surface area contributed by atoms with Crippen LogP contribution in [0.2, 0.25) is 0 Å². The topological polar surface area (TPSA) is 79.5 Å². The molecule has 140 valence electrons. The molecular weight excluding hydrogens is 340 g/mol. The molecule has 1 saturated heterocycles. The lowest BCUT2D eigenvalue weighted by Crippen LogP contribution is -2.29. The van der Waals surface area contributed by atoms with Crippen molar-refractivity contribution in [2.45, 2.75) is 46.1 Å². The van der Waals surface area contributed by atoms with Gasteiger partial charge in [-0.1, -0.05) is 24.6 Å². The molecule has 6 nitrogen and oxygen atoms in total. The monoisotopic (exact) mass is 364 g/mol. The number of hydrogen-bond acceptors (Lipinski definition) is 4.